The van der Waals surface area contributed by atoms with Gasteiger partial charge >= 0.3 is 0 Å². The summed E-state index contributed by atoms with van der Waals surface area (Å²) in [5, 5.41) is 14.8. The number of benzene rings is 1. The van der Waals surface area contributed by atoms with E-state index in [2.05, 4.69) is 11.4 Å². The first kappa shape index (κ1) is 13.7. The second-order valence-electron chi connectivity index (χ2n) is 5.80. The monoisotopic (exact) mass is 297 g/mol. The van der Waals surface area contributed by atoms with Crippen molar-refractivity contribution in [1.82, 2.24) is 5.32 Å². The van der Waals surface area contributed by atoms with Gasteiger partial charge in [-0.1, -0.05) is 17.7 Å². The van der Waals surface area contributed by atoms with E-state index in [1.54, 1.807) is 0 Å². The summed E-state index contributed by atoms with van der Waals surface area (Å²) in [6.07, 6.45) is 5.84. The fourth-order valence-corrected chi connectivity index (χ4v) is 4.52. The molecule has 0 radical (unpaired) electrons. The lowest BCUT2D eigenvalue weighted by atomic mass is 9.99. The maximum absolute atomic E-state index is 9.73. The van der Waals surface area contributed by atoms with E-state index in [0.717, 1.165) is 24.3 Å². The number of hydrogen-bond donors (Lipinski definition) is 2. The highest BCUT2D eigenvalue weighted by molar-refractivity contribution is 8.00. The molecule has 2 aliphatic rings. The third kappa shape index (κ3) is 3.46. The summed E-state index contributed by atoms with van der Waals surface area (Å²) in [6.45, 7) is 0.260. The molecule has 0 amide bonds. The molecule has 2 saturated carbocycles. The number of aliphatic hydroxyl groups is 1. The van der Waals surface area contributed by atoms with Gasteiger partial charge in [-0.3, -0.25) is 0 Å². The van der Waals surface area contributed by atoms with Gasteiger partial charge in [0, 0.05) is 26.7 Å². The average molecular weight is 298 g/mol. The van der Waals surface area contributed by atoms with Crippen molar-refractivity contribution < 1.29 is 5.11 Å². The highest BCUT2D eigenvalue weighted by Gasteiger charge is 2.42. The molecule has 3 rings (SSSR count). The van der Waals surface area contributed by atoms with Crippen LogP contribution in [0.3, 0.4) is 0 Å². The Morgan fingerprint density at radius 3 is 2.89 bits per heavy atom. The lowest BCUT2D eigenvalue weighted by Crippen LogP contribution is -2.47. The summed E-state index contributed by atoms with van der Waals surface area (Å²) >= 11 is 7.92. The fraction of sp³-hybridized carbons (Fsp3) is 0.600. The number of thioether (sulfide) groups is 1. The van der Waals surface area contributed by atoms with Crippen LogP contribution in [0.15, 0.2) is 29.2 Å². The lowest BCUT2D eigenvalue weighted by molar-refractivity contribution is 0.163. The minimum atomic E-state index is -0.0303. The molecule has 19 heavy (non-hydrogen) atoms. The summed E-state index contributed by atoms with van der Waals surface area (Å²) in [7, 11) is 0. The van der Waals surface area contributed by atoms with E-state index < -0.39 is 0 Å². The third-order valence-corrected chi connectivity index (χ3v) is 5.55. The van der Waals surface area contributed by atoms with Crippen molar-refractivity contribution in [3.63, 3.8) is 0 Å². The predicted octanol–water partition coefficient (Wildman–Crippen LogP) is 3.47. The van der Waals surface area contributed by atoms with E-state index >= 15 is 0 Å². The van der Waals surface area contributed by atoms with Crippen LogP contribution < -0.4 is 5.32 Å². The molecule has 2 atom stereocenters. The van der Waals surface area contributed by atoms with Gasteiger partial charge in [-0.2, -0.15) is 0 Å². The highest BCUT2D eigenvalue weighted by Crippen LogP contribution is 2.41. The zero-order valence-corrected chi connectivity index (χ0v) is 12.5. The van der Waals surface area contributed by atoms with Gasteiger partial charge in [0.15, 0.2) is 0 Å². The van der Waals surface area contributed by atoms with Crippen molar-refractivity contribution in [3.05, 3.63) is 29.3 Å². The van der Waals surface area contributed by atoms with Crippen LogP contribution in [0.1, 0.15) is 32.1 Å². The van der Waals surface area contributed by atoms with E-state index in [0.29, 0.717) is 11.3 Å². The smallest absolute Gasteiger partial charge is 0.0613 e. The molecule has 0 spiro atoms. The maximum Gasteiger partial charge on any atom is 0.0613 e. The number of halogens is 1. The molecule has 0 aromatic heterocycles. The number of aliphatic hydroxyl groups excluding tert-OH is 1. The molecule has 2 nitrogen and oxygen atoms in total. The zero-order valence-electron chi connectivity index (χ0n) is 10.9. The van der Waals surface area contributed by atoms with Gasteiger partial charge in [0.25, 0.3) is 0 Å². The number of nitrogens with one attached hydrogen (secondary N) is 1. The molecule has 0 bridgehead atoms. The molecule has 1 aromatic rings. The Labute approximate surface area is 123 Å². The Kier molecular flexibility index (Phi) is 4.08. The van der Waals surface area contributed by atoms with E-state index in [1.807, 2.05) is 30.0 Å². The van der Waals surface area contributed by atoms with Gasteiger partial charge in [-0.15, -0.1) is 11.8 Å². The average Bonchev–Trinajstić information content (AvgIpc) is 3.11. The van der Waals surface area contributed by atoms with Gasteiger partial charge < -0.3 is 10.4 Å². The Morgan fingerprint density at radius 1 is 1.37 bits per heavy atom. The Bertz CT molecular complexity index is 452. The van der Waals surface area contributed by atoms with Crippen molar-refractivity contribution in [3.8, 4) is 0 Å². The van der Waals surface area contributed by atoms with Crippen LogP contribution in [0.25, 0.3) is 0 Å². The largest absolute Gasteiger partial charge is 0.394 e. The fourth-order valence-electron chi connectivity index (χ4n) is 2.89. The first-order chi connectivity index (χ1) is 9.19. The van der Waals surface area contributed by atoms with Gasteiger partial charge in [0.05, 0.1) is 6.61 Å². The van der Waals surface area contributed by atoms with Crippen molar-refractivity contribution in [2.45, 2.75) is 53.8 Å². The molecule has 0 aliphatic heterocycles. The van der Waals surface area contributed by atoms with Gasteiger partial charge in [-0.05, 0) is 50.3 Å². The lowest BCUT2D eigenvalue weighted by Gasteiger charge is -2.28. The normalized spacial score (nSPS) is 30.7. The van der Waals surface area contributed by atoms with Crippen molar-refractivity contribution >= 4 is 23.4 Å². The maximum atomic E-state index is 9.73. The second kappa shape index (κ2) is 5.65. The predicted molar refractivity (Wildman–Crippen MR) is 80.9 cm³/mol. The van der Waals surface area contributed by atoms with Gasteiger partial charge in [0.2, 0.25) is 0 Å². The van der Waals surface area contributed by atoms with Crippen LogP contribution >= 0.6 is 23.4 Å². The quantitative estimate of drug-likeness (QED) is 0.873. The molecule has 4 heteroatoms. The minimum absolute atomic E-state index is 0.0303. The van der Waals surface area contributed by atoms with Crippen LogP contribution in [-0.2, 0) is 0 Å². The van der Waals surface area contributed by atoms with E-state index in [9.17, 15) is 5.11 Å². The summed E-state index contributed by atoms with van der Waals surface area (Å²) < 4.78 is 0. The van der Waals surface area contributed by atoms with Gasteiger partial charge in [0.1, 0.15) is 0 Å². The molecule has 1 aromatic carbocycles. The SMILES string of the molecule is OCC1(NC2CC2)CCC(Sc2cccc(Cl)c2)C1. The highest BCUT2D eigenvalue weighted by atomic mass is 35.5. The molecule has 104 valence electrons. The minimum Gasteiger partial charge on any atom is -0.394 e. The van der Waals surface area contributed by atoms with Crippen LogP contribution in [0, 0.1) is 0 Å². The number of rotatable bonds is 5. The third-order valence-electron chi connectivity index (χ3n) is 4.05. The van der Waals surface area contributed by atoms with E-state index in [4.69, 9.17) is 11.6 Å². The van der Waals surface area contributed by atoms with Crippen LogP contribution in [-0.4, -0.2) is 28.5 Å². The molecular weight excluding hydrogens is 278 g/mol. The van der Waals surface area contributed by atoms with E-state index in [1.165, 1.54) is 17.7 Å². The molecule has 2 fully saturated rings. The molecule has 2 N–H and O–H groups in total. The molecule has 2 unspecified atom stereocenters. The van der Waals surface area contributed by atoms with Crippen LogP contribution in [0.5, 0.6) is 0 Å². The summed E-state index contributed by atoms with van der Waals surface area (Å²) in [4.78, 5) is 1.23. The summed E-state index contributed by atoms with van der Waals surface area (Å²) in [5.41, 5.74) is -0.0303. The molecule has 0 heterocycles. The molecule has 2 aliphatic carbocycles. The number of hydrogen-bond acceptors (Lipinski definition) is 3. The topological polar surface area (TPSA) is 32.3 Å². The van der Waals surface area contributed by atoms with Gasteiger partial charge in [-0.25, -0.2) is 0 Å². The standard InChI is InChI=1S/C15H20ClNOS/c16-11-2-1-3-13(8-11)19-14-6-7-15(9-14,10-18)17-12-4-5-12/h1-3,8,12,14,17-18H,4-7,9-10H2. The van der Waals surface area contributed by atoms with Crippen LogP contribution in [0.2, 0.25) is 5.02 Å². The Balaban J connectivity index is 1.61. The summed E-state index contributed by atoms with van der Waals surface area (Å²) in [6, 6.07) is 8.71. The summed E-state index contributed by atoms with van der Waals surface area (Å²) in [5.74, 6) is 0. The first-order valence-corrected chi connectivity index (χ1v) is 8.26. The second-order valence-corrected chi connectivity index (χ2v) is 7.61. The zero-order chi connectivity index (χ0) is 13.3. The molecule has 0 saturated heterocycles. The van der Waals surface area contributed by atoms with Crippen molar-refractivity contribution in [2.24, 2.45) is 0 Å². The van der Waals surface area contributed by atoms with Crippen molar-refractivity contribution in [2.75, 3.05) is 6.61 Å². The Hall–Kier alpha value is -0.220. The molecular formula is C15H20ClNOS. The van der Waals surface area contributed by atoms with Crippen LogP contribution in [0.4, 0.5) is 0 Å². The first-order valence-electron chi connectivity index (χ1n) is 7.00. The van der Waals surface area contributed by atoms with Crippen molar-refractivity contribution in [1.29, 1.82) is 0 Å². The Morgan fingerprint density at radius 2 is 2.21 bits per heavy atom. The van der Waals surface area contributed by atoms with E-state index in [-0.39, 0.29) is 12.1 Å².